The first kappa shape index (κ1) is 27.4. The van der Waals surface area contributed by atoms with Gasteiger partial charge in [0.15, 0.2) is 0 Å². The summed E-state index contributed by atoms with van der Waals surface area (Å²) in [6, 6.07) is 17.5. The first-order valence-electron chi connectivity index (χ1n) is 13.4. The van der Waals surface area contributed by atoms with Crippen molar-refractivity contribution in [3.63, 3.8) is 0 Å². The van der Waals surface area contributed by atoms with E-state index >= 15 is 0 Å². The number of fused-ring (bicyclic) bond motifs is 2. The minimum Gasteiger partial charge on any atom is -0.487 e. The van der Waals surface area contributed by atoms with Gasteiger partial charge < -0.3 is 19.5 Å². The van der Waals surface area contributed by atoms with Gasteiger partial charge in [-0.3, -0.25) is 9.78 Å². The van der Waals surface area contributed by atoms with Crippen molar-refractivity contribution in [2.45, 2.75) is 50.7 Å². The Balaban J connectivity index is 1.37. The van der Waals surface area contributed by atoms with E-state index in [0.29, 0.717) is 24.5 Å². The van der Waals surface area contributed by atoms with Crippen LogP contribution >= 0.6 is 11.6 Å². The average Bonchev–Trinajstić information content (AvgIpc) is 3.09. The van der Waals surface area contributed by atoms with Gasteiger partial charge in [-0.1, -0.05) is 41.9 Å². The Bertz CT molecular complexity index is 1370. The van der Waals surface area contributed by atoms with Crippen LogP contribution in [0.1, 0.15) is 61.1 Å². The highest BCUT2D eigenvalue weighted by molar-refractivity contribution is 6.30. The molecule has 0 aliphatic carbocycles. The van der Waals surface area contributed by atoms with Crippen LogP contribution in [0.3, 0.4) is 0 Å². The second kappa shape index (κ2) is 11.1. The van der Waals surface area contributed by atoms with E-state index in [1.54, 1.807) is 20.0 Å². The molecule has 0 radical (unpaired) electrons. The van der Waals surface area contributed by atoms with E-state index in [1.165, 1.54) is 7.11 Å². The van der Waals surface area contributed by atoms with Crippen molar-refractivity contribution in [3.8, 4) is 5.75 Å². The number of carbonyl (C=O) groups excluding carboxylic acids is 1. The van der Waals surface area contributed by atoms with Gasteiger partial charge >= 0.3 is 5.97 Å². The lowest BCUT2D eigenvalue weighted by Gasteiger charge is -2.40. The van der Waals surface area contributed by atoms with Crippen LogP contribution in [0.15, 0.2) is 66.9 Å². The topological polar surface area (TPSA) is 71.9 Å². The molecule has 0 atom stereocenters. The summed E-state index contributed by atoms with van der Waals surface area (Å²) in [5, 5.41) is 11.3. The summed E-state index contributed by atoms with van der Waals surface area (Å²) >= 11 is 6.10. The molecule has 1 fully saturated rings. The number of piperidine rings is 1. The lowest BCUT2D eigenvalue weighted by Crippen LogP contribution is -2.48. The van der Waals surface area contributed by atoms with Gasteiger partial charge in [-0.05, 0) is 93.2 Å². The number of likely N-dealkylation sites (tertiary alicyclic amines) is 1. The Hall–Kier alpha value is -3.19. The number of ether oxygens (including phenoxy) is 2. The van der Waals surface area contributed by atoms with Crippen LogP contribution in [-0.4, -0.2) is 47.7 Å². The van der Waals surface area contributed by atoms with E-state index in [1.807, 2.05) is 48.5 Å². The van der Waals surface area contributed by atoms with Crippen LogP contribution in [-0.2, 0) is 27.2 Å². The molecule has 0 spiro atoms. The zero-order valence-electron chi connectivity index (χ0n) is 22.7. The van der Waals surface area contributed by atoms with E-state index in [2.05, 4.69) is 22.0 Å². The molecule has 7 heteroatoms. The molecule has 1 N–H and O–H groups in total. The number of benzene rings is 2. The Morgan fingerprint density at radius 2 is 1.90 bits per heavy atom. The molecular formula is C32H35ClN2O4. The second-order valence-electron chi connectivity index (χ2n) is 10.9. The van der Waals surface area contributed by atoms with Crippen molar-refractivity contribution in [3.05, 3.63) is 99.8 Å². The fraction of sp³-hybridized carbons (Fsp3) is 0.375. The Morgan fingerprint density at radius 3 is 2.59 bits per heavy atom. The summed E-state index contributed by atoms with van der Waals surface area (Å²) in [6.07, 6.45) is 6.25. The highest BCUT2D eigenvalue weighted by Crippen LogP contribution is 2.40. The third-order valence-electron chi connectivity index (χ3n) is 8.00. The molecule has 1 saturated heterocycles. The molecule has 204 valence electrons. The maximum absolute atomic E-state index is 12.9. The summed E-state index contributed by atoms with van der Waals surface area (Å²) in [4.78, 5) is 19.9. The molecule has 0 unspecified atom stereocenters. The number of rotatable bonds is 6. The minimum atomic E-state index is -0.964. The summed E-state index contributed by atoms with van der Waals surface area (Å²) in [5.74, 6) is 0.601. The van der Waals surface area contributed by atoms with Gasteiger partial charge in [-0.15, -0.1) is 0 Å². The predicted octanol–water partition coefficient (Wildman–Crippen LogP) is 5.88. The minimum absolute atomic E-state index is 0.187. The standard InChI is InChI=1S/C32H35ClN2O4/c1-31(2,37)23-10-13-29-27(20-23)25(26-6-4-16-34-28(26)21-39-29)7-5-17-35-18-14-32(15-19-35,30(36)38-3)22-8-11-24(33)12-9-22/h4,6-13,16,20,37H,5,14-15,17-19,21H2,1-3H3/b25-7-. The van der Waals surface area contributed by atoms with E-state index < -0.39 is 11.0 Å². The Labute approximate surface area is 235 Å². The van der Waals surface area contributed by atoms with Crippen LogP contribution in [0.25, 0.3) is 5.57 Å². The van der Waals surface area contributed by atoms with Gasteiger partial charge in [-0.25, -0.2) is 0 Å². The number of aliphatic hydroxyl groups is 1. The summed E-state index contributed by atoms with van der Waals surface area (Å²) in [6.45, 7) is 6.43. The van der Waals surface area contributed by atoms with Gasteiger partial charge in [0.1, 0.15) is 12.4 Å². The molecule has 3 aromatic rings. The van der Waals surface area contributed by atoms with Gasteiger partial charge in [0.2, 0.25) is 0 Å². The lowest BCUT2D eigenvalue weighted by atomic mass is 9.72. The zero-order chi connectivity index (χ0) is 27.6. The monoisotopic (exact) mass is 546 g/mol. The molecule has 2 aliphatic rings. The largest absolute Gasteiger partial charge is 0.487 e. The van der Waals surface area contributed by atoms with Crippen LogP contribution in [0.5, 0.6) is 5.75 Å². The van der Waals surface area contributed by atoms with Crippen LogP contribution in [0.2, 0.25) is 5.02 Å². The maximum Gasteiger partial charge on any atom is 0.316 e. The number of esters is 1. The molecule has 0 bridgehead atoms. The van der Waals surface area contributed by atoms with Crippen LogP contribution < -0.4 is 4.74 Å². The maximum atomic E-state index is 12.9. The van der Waals surface area contributed by atoms with E-state index in [-0.39, 0.29) is 5.97 Å². The van der Waals surface area contributed by atoms with E-state index in [9.17, 15) is 9.90 Å². The molecule has 1 aromatic heterocycles. The number of aromatic nitrogens is 1. The first-order valence-corrected chi connectivity index (χ1v) is 13.8. The molecule has 5 rings (SSSR count). The fourth-order valence-electron chi connectivity index (χ4n) is 5.68. The fourth-order valence-corrected chi connectivity index (χ4v) is 5.81. The molecule has 0 amide bonds. The van der Waals surface area contributed by atoms with Gasteiger partial charge in [0, 0.05) is 28.9 Å². The third-order valence-corrected chi connectivity index (χ3v) is 8.25. The van der Waals surface area contributed by atoms with Crippen molar-refractivity contribution < 1.29 is 19.4 Å². The summed E-state index contributed by atoms with van der Waals surface area (Å²) in [7, 11) is 1.46. The quantitative estimate of drug-likeness (QED) is 0.389. The van der Waals surface area contributed by atoms with E-state index in [4.69, 9.17) is 21.1 Å². The number of hydrogen-bond donors (Lipinski definition) is 1. The van der Waals surface area contributed by atoms with Crippen molar-refractivity contribution in [2.24, 2.45) is 0 Å². The number of nitrogens with zero attached hydrogens (tertiary/aromatic N) is 2. The van der Waals surface area contributed by atoms with Gasteiger partial charge in [0.25, 0.3) is 0 Å². The number of pyridine rings is 1. The zero-order valence-corrected chi connectivity index (χ0v) is 23.5. The molecular weight excluding hydrogens is 512 g/mol. The number of carbonyl (C=O) groups is 1. The molecule has 0 saturated carbocycles. The third kappa shape index (κ3) is 5.60. The van der Waals surface area contributed by atoms with Crippen molar-refractivity contribution in [2.75, 3.05) is 26.7 Å². The molecule has 2 aromatic carbocycles. The van der Waals surface area contributed by atoms with Gasteiger partial charge in [-0.2, -0.15) is 0 Å². The molecule has 39 heavy (non-hydrogen) atoms. The normalized spacial score (nSPS) is 18.0. The SMILES string of the molecule is COC(=O)C1(c2ccc(Cl)cc2)CCN(CC/C=C2\c3cc(C(C)(C)O)ccc3OCc3ncccc32)CC1. The molecule has 3 heterocycles. The van der Waals surface area contributed by atoms with E-state index in [0.717, 1.165) is 65.3 Å². The second-order valence-corrected chi connectivity index (χ2v) is 11.3. The van der Waals surface area contributed by atoms with Crippen molar-refractivity contribution >= 4 is 23.1 Å². The first-order chi connectivity index (χ1) is 18.7. The summed E-state index contributed by atoms with van der Waals surface area (Å²) < 4.78 is 11.4. The lowest BCUT2D eigenvalue weighted by molar-refractivity contribution is -0.149. The average molecular weight is 547 g/mol. The summed E-state index contributed by atoms with van der Waals surface area (Å²) in [5.41, 5.74) is 4.16. The molecule has 2 aliphatic heterocycles. The number of methoxy groups -OCH3 is 1. The van der Waals surface area contributed by atoms with Crippen molar-refractivity contribution in [1.82, 2.24) is 9.88 Å². The number of halogens is 1. The Kier molecular flexibility index (Phi) is 7.81. The van der Waals surface area contributed by atoms with Crippen LogP contribution in [0.4, 0.5) is 0 Å². The highest BCUT2D eigenvalue weighted by atomic mass is 35.5. The Morgan fingerprint density at radius 1 is 1.15 bits per heavy atom. The number of hydrogen-bond acceptors (Lipinski definition) is 6. The smallest absolute Gasteiger partial charge is 0.316 e. The van der Waals surface area contributed by atoms with Gasteiger partial charge in [0.05, 0.1) is 23.8 Å². The van der Waals surface area contributed by atoms with Crippen molar-refractivity contribution in [1.29, 1.82) is 0 Å². The highest BCUT2D eigenvalue weighted by Gasteiger charge is 2.43. The molecule has 6 nitrogen and oxygen atoms in total. The van der Waals surface area contributed by atoms with Crippen LogP contribution in [0, 0.1) is 0 Å². The predicted molar refractivity (Wildman–Crippen MR) is 153 cm³/mol.